The van der Waals surface area contributed by atoms with Crippen molar-refractivity contribution in [3.05, 3.63) is 88.7 Å². The lowest BCUT2D eigenvalue weighted by molar-refractivity contribution is -0.135. The highest BCUT2D eigenvalue weighted by atomic mass is 79.9. The van der Waals surface area contributed by atoms with E-state index in [-0.39, 0.29) is 18.9 Å². The fraction of sp³-hybridized carbons (Fsp3) is 0.143. The van der Waals surface area contributed by atoms with E-state index in [1.54, 1.807) is 0 Å². The summed E-state index contributed by atoms with van der Waals surface area (Å²) in [7, 11) is 0. The third-order valence-corrected chi connectivity index (χ3v) is 4.71. The number of nitrogens with two attached hydrogens (primary N) is 1. The molecule has 3 aromatic rings. The molecule has 0 aliphatic heterocycles. The van der Waals surface area contributed by atoms with E-state index in [2.05, 4.69) is 15.9 Å². The quantitative estimate of drug-likeness (QED) is 0.630. The third kappa shape index (κ3) is 5.31. The lowest BCUT2D eigenvalue weighted by Crippen LogP contribution is -2.38. The molecule has 1 aromatic heterocycles. The van der Waals surface area contributed by atoms with E-state index >= 15 is 0 Å². The zero-order valence-corrected chi connectivity index (χ0v) is 16.3. The molecule has 0 saturated heterocycles. The normalized spacial score (nSPS) is 10.6. The van der Waals surface area contributed by atoms with Gasteiger partial charge in [-0.2, -0.15) is 0 Å². The molecule has 0 aliphatic carbocycles. The van der Waals surface area contributed by atoms with Gasteiger partial charge in [0.15, 0.2) is 0 Å². The number of primary amides is 1. The molecule has 6 heteroatoms. The Balaban J connectivity index is 1.69. The van der Waals surface area contributed by atoms with Gasteiger partial charge in [0.25, 0.3) is 0 Å². The average molecular weight is 426 g/mol. The van der Waals surface area contributed by atoms with Crippen LogP contribution in [-0.2, 0) is 22.6 Å². The van der Waals surface area contributed by atoms with E-state index in [9.17, 15) is 9.59 Å². The number of rotatable bonds is 7. The SMILES string of the molecule is NC(=O)CN(Cc1ccc(Br)cc1)C(=O)Cc1ccc(-n2cccc2)cc1. The average Bonchev–Trinajstić information content (AvgIpc) is 3.18. The molecule has 0 atom stereocenters. The summed E-state index contributed by atoms with van der Waals surface area (Å²) in [6, 6.07) is 19.3. The summed E-state index contributed by atoms with van der Waals surface area (Å²) in [5.41, 5.74) is 8.19. The second kappa shape index (κ2) is 8.68. The Bertz CT molecular complexity index is 904. The molecular weight excluding hydrogens is 406 g/mol. The van der Waals surface area contributed by atoms with E-state index in [1.165, 1.54) is 4.90 Å². The van der Waals surface area contributed by atoms with Crippen molar-refractivity contribution in [3.63, 3.8) is 0 Å². The van der Waals surface area contributed by atoms with Crippen LogP contribution in [0.25, 0.3) is 5.69 Å². The van der Waals surface area contributed by atoms with Crippen molar-refractivity contribution in [1.82, 2.24) is 9.47 Å². The zero-order chi connectivity index (χ0) is 19.2. The van der Waals surface area contributed by atoms with Crippen LogP contribution in [0.15, 0.2) is 77.5 Å². The standard InChI is InChI=1S/C21H20BrN3O2/c22-18-7-3-17(4-8-18)14-25(15-20(23)26)21(27)13-16-5-9-19(10-6-16)24-11-1-2-12-24/h1-12H,13-15H2,(H2,23,26). The monoisotopic (exact) mass is 425 g/mol. The van der Waals surface area contributed by atoms with Crippen LogP contribution in [0.4, 0.5) is 0 Å². The first-order valence-electron chi connectivity index (χ1n) is 8.54. The van der Waals surface area contributed by atoms with E-state index < -0.39 is 5.91 Å². The van der Waals surface area contributed by atoms with Gasteiger partial charge in [-0.3, -0.25) is 9.59 Å². The maximum atomic E-state index is 12.7. The maximum Gasteiger partial charge on any atom is 0.237 e. The van der Waals surface area contributed by atoms with Gasteiger partial charge in [-0.25, -0.2) is 0 Å². The second-order valence-electron chi connectivity index (χ2n) is 6.28. The summed E-state index contributed by atoms with van der Waals surface area (Å²) < 4.78 is 2.96. The molecule has 27 heavy (non-hydrogen) atoms. The number of hydrogen-bond acceptors (Lipinski definition) is 2. The van der Waals surface area contributed by atoms with Crippen LogP contribution in [0, 0.1) is 0 Å². The van der Waals surface area contributed by atoms with Gasteiger partial charge >= 0.3 is 0 Å². The molecular formula is C21H20BrN3O2. The molecule has 0 saturated carbocycles. The van der Waals surface area contributed by atoms with Crippen molar-refractivity contribution in [2.75, 3.05) is 6.54 Å². The van der Waals surface area contributed by atoms with Crippen molar-refractivity contribution in [1.29, 1.82) is 0 Å². The van der Waals surface area contributed by atoms with Crippen molar-refractivity contribution >= 4 is 27.7 Å². The summed E-state index contributed by atoms with van der Waals surface area (Å²) in [4.78, 5) is 25.6. The Morgan fingerprint density at radius 1 is 0.926 bits per heavy atom. The zero-order valence-electron chi connectivity index (χ0n) is 14.7. The van der Waals surface area contributed by atoms with Crippen molar-refractivity contribution in [2.45, 2.75) is 13.0 Å². The highest BCUT2D eigenvalue weighted by Crippen LogP contribution is 2.14. The smallest absolute Gasteiger partial charge is 0.237 e. The highest BCUT2D eigenvalue weighted by molar-refractivity contribution is 9.10. The van der Waals surface area contributed by atoms with Crippen LogP contribution in [0.1, 0.15) is 11.1 Å². The molecule has 0 radical (unpaired) electrons. The van der Waals surface area contributed by atoms with Gasteiger partial charge in [-0.05, 0) is 47.5 Å². The Kier molecular flexibility index (Phi) is 6.08. The van der Waals surface area contributed by atoms with Crippen LogP contribution in [0.5, 0.6) is 0 Å². The number of nitrogens with zero attached hydrogens (tertiary/aromatic N) is 2. The number of carbonyl (C=O) groups excluding carboxylic acids is 2. The summed E-state index contributed by atoms with van der Waals surface area (Å²) in [5.74, 6) is -0.658. The summed E-state index contributed by atoms with van der Waals surface area (Å²) >= 11 is 3.39. The number of benzene rings is 2. The number of aromatic nitrogens is 1. The van der Waals surface area contributed by atoms with E-state index in [0.29, 0.717) is 6.54 Å². The van der Waals surface area contributed by atoms with E-state index in [4.69, 9.17) is 5.73 Å². The molecule has 2 amide bonds. The molecule has 2 aromatic carbocycles. The Morgan fingerprint density at radius 2 is 1.52 bits per heavy atom. The molecule has 1 heterocycles. The fourth-order valence-electron chi connectivity index (χ4n) is 2.81. The molecule has 2 N–H and O–H groups in total. The van der Waals surface area contributed by atoms with Gasteiger partial charge in [-0.1, -0.05) is 40.2 Å². The number of halogens is 1. The van der Waals surface area contributed by atoms with E-state index in [0.717, 1.165) is 21.3 Å². The summed E-state index contributed by atoms with van der Waals surface area (Å²) in [6.07, 6.45) is 4.15. The van der Waals surface area contributed by atoms with Crippen LogP contribution >= 0.6 is 15.9 Å². The minimum absolute atomic E-state index is 0.101. The molecule has 5 nitrogen and oxygen atoms in total. The van der Waals surface area contributed by atoms with Crippen molar-refractivity contribution in [3.8, 4) is 5.69 Å². The minimum Gasteiger partial charge on any atom is -0.368 e. The van der Waals surface area contributed by atoms with E-state index in [1.807, 2.05) is 77.6 Å². The van der Waals surface area contributed by atoms with Gasteiger partial charge in [-0.15, -0.1) is 0 Å². The first-order chi connectivity index (χ1) is 13.0. The van der Waals surface area contributed by atoms with Gasteiger partial charge in [0, 0.05) is 29.1 Å². The van der Waals surface area contributed by atoms with Gasteiger partial charge in [0.2, 0.25) is 11.8 Å². The maximum absolute atomic E-state index is 12.7. The van der Waals surface area contributed by atoms with Gasteiger partial charge < -0.3 is 15.2 Å². The molecule has 0 aliphatic rings. The highest BCUT2D eigenvalue weighted by Gasteiger charge is 2.17. The Hall–Kier alpha value is -2.86. The first kappa shape index (κ1) is 18.9. The van der Waals surface area contributed by atoms with Gasteiger partial charge in [0.05, 0.1) is 13.0 Å². The van der Waals surface area contributed by atoms with Gasteiger partial charge in [0.1, 0.15) is 0 Å². The number of amides is 2. The van der Waals surface area contributed by atoms with Crippen LogP contribution in [-0.4, -0.2) is 27.8 Å². The van der Waals surface area contributed by atoms with Crippen LogP contribution in [0.2, 0.25) is 0 Å². The minimum atomic E-state index is -0.525. The largest absolute Gasteiger partial charge is 0.368 e. The lowest BCUT2D eigenvalue weighted by Gasteiger charge is -2.21. The molecule has 0 spiro atoms. The molecule has 0 fully saturated rings. The Morgan fingerprint density at radius 3 is 2.11 bits per heavy atom. The second-order valence-corrected chi connectivity index (χ2v) is 7.19. The van der Waals surface area contributed by atoms with Crippen molar-refractivity contribution < 1.29 is 9.59 Å². The molecule has 138 valence electrons. The lowest BCUT2D eigenvalue weighted by atomic mass is 10.1. The van der Waals surface area contributed by atoms with Crippen molar-refractivity contribution in [2.24, 2.45) is 5.73 Å². The summed E-state index contributed by atoms with van der Waals surface area (Å²) in [6.45, 7) is 0.243. The summed E-state index contributed by atoms with van der Waals surface area (Å²) in [5, 5.41) is 0. The molecule has 0 bridgehead atoms. The Labute approximate surface area is 166 Å². The van der Waals surface area contributed by atoms with Crippen LogP contribution in [0.3, 0.4) is 0 Å². The number of hydrogen-bond donors (Lipinski definition) is 1. The molecule has 0 unspecified atom stereocenters. The third-order valence-electron chi connectivity index (χ3n) is 4.18. The number of carbonyl (C=O) groups is 2. The topological polar surface area (TPSA) is 68.3 Å². The predicted octanol–water partition coefficient (Wildman–Crippen LogP) is 3.30. The first-order valence-corrected chi connectivity index (χ1v) is 9.33. The predicted molar refractivity (Wildman–Crippen MR) is 108 cm³/mol. The molecule has 3 rings (SSSR count). The fourth-order valence-corrected chi connectivity index (χ4v) is 3.07. The van der Waals surface area contributed by atoms with Crippen LogP contribution < -0.4 is 5.73 Å².